The fourth-order valence-corrected chi connectivity index (χ4v) is 3.89. The molecule has 32 heavy (non-hydrogen) atoms. The van der Waals surface area contributed by atoms with Crippen molar-refractivity contribution in [3.8, 4) is 5.75 Å². The summed E-state index contributed by atoms with van der Waals surface area (Å²) in [6, 6.07) is 15.0. The number of nitrogens with one attached hydrogen (secondary N) is 2. The lowest BCUT2D eigenvalue weighted by Crippen LogP contribution is -2.30. The highest BCUT2D eigenvalue weighted by molar-refractivity contribution is 7.80. The number of hydrogen-bond acceptors (Lipinski definition) is 5. The molecule has 2 amide bonds. The molecule has 1 aliphatic heterocycles. The molecule has 1 aliphatic carbocycles. The summed E-state index contributed by atoms with van der Waals surface area (Å²) in [5.74, 6) is -0.643. The number of para-hydroxylation sites is 1. The van der Waals surface area contributed by atoms with Crippen molar-refractivity contribution in [3.63, 3.8) is 0 Å². The smallest absolute Gasteiger partial charge is 0.237 e. The maximum absolute atomic E-state index is 12.8. The molecule has 2 atom stereocenters. The number of likely N-dealkylation sites (tertiary alicyclic amines) is 1. The van der Waals surface area contributed by atoms with E-state index in [1.165, 1.54) is 4.90 Å². The van der Waals surface area contributed by atoms with Crippen LogP contribution in [0.25, 0.3) is 0 Å². The molecule has 1 fully saturated rings. The average molecular weight is 447 g/mol. The number of hydrazone groups is 1. The van der Waals surface area contributed by atoms with Gasteiger partial charge in [0.15, 0.2) is 5.11 Å². The number of anilines is 1. The molecule has 2 aliphatic rings. The van der Waals surface area contributed by atoms with Crippen molar-refractivity contribution in [3.05, 3.63) is 84.0 Å². The Bertz CT molecular complexity index is 1100. The second kappa shape index (κ2) is 9.57. The van der Waals surface area contributed by atoms with Crippen molar-refractivity contribution >= 4 is 41.0 Å². The Morgan fingerprint density at radius 2 is 1.78 bits per heavy atom. The lowest BCUT2D eigenvalue weighted by atomic mass is 9.91. The first-order valence-corrected chi connectivity index (χ1v) is 10.5. The van der Waals surface area contributed by atoms with Gasteiger partial charge in [-0.3, -0.25) is 19.9 Å². The minimum atomic E-state index is -0.425. The second-order valence-electron chi connectivity index (χ2n) is 7.35. The summed E-state index contributed by atoms with van der Waals surface area (Å²) in [4.78, 5) is 26.8. The molecule has 4 rings (SSSR count). The number of nitrogens with zero attached hydrogens (tertiary/aromatic N) is 2. The van der Waals surface area contributed by atoms with Gasteiger partial charge in [-0.1, -0.05) is 42.5 Å². The van der Waals surface area contributed by atoms with Crippen LogP contribution in [-0.2, 0) is 16.1 Å². The van der Waals surface area contributed by atoms with Gasteiger partial charge >= 0.3 is 0 Å². The Kier molecular flexibility index (Phi) is 6.42. The molecular formula is C24H22N4O3S. The Morgan fingerprint density at radius 3 is 2.44 bits per heavy atom. The van der Waals surface area contributed by atoms with E-state index in [1.807, 2.05) is 42.5 Å². The van der Waals surface area contributed by atoms with Crippen molar-refractivity contribution in [2.45, 2.75) is 6.54 Å². The Labute approximate surface area is 191 Å². The summed E-state index contributed by atoms with van der Waals surface area (Å²) in [7, 11) is 1.56. The number of hydrogen-bond donors (Lipinski definition) is 2. The van der Waals surface area contributed by atoms with Gasteiger partial charge < -0.3 is 10.1 Å². The topological polar surface area (TPSA) is 83.0 Å². The van der Waals surface area contributed by atoms with Gasteiger partial charge in [0.25, 0.3) is 0 Å². The second-order valence-corrected chi connectivity index (χ2v) is 7.75. The highest BCUT2D eigenvalue weighted by Gasteiger charge is 2.45. The molecule has 0 aromatic heterocycles. The van der Waals surface area contributed by atoms with E-state index in [2.05, 4.69) is 15.8 Å². The number of allylic oxidation sites excluding steroid dienone is 2. The van der Waals surface area contributed by atoms with Crippen LogP contribution in [0.4, 0.5) is 5.69 Å². The molecular weight excluding hydrogens is 424 g/mol. The third-order valence-corrected chi connectivity index (χ3v) is 5.47. The van der Waals surface area contributed by atoms with Gasteiger partial charge in [0, 0.05) is 11.3 Å². The third kappa shape index (κ3) is 4.60. The molecule has 7 nitrogen and oxygen atoms in total. The van der Waals surface area contributed by atoms with Gasteiger partial charge in [-0.25, -0.2) is 0 Å². The maximum Gasteiger partial charge on any atom is 0.237 e. The molecule has 0 saturated carbocycles. The van der Waals surface area contributed by atoms with E-state index in [-0.39, 0.29) is 18.4 Å². The quantitative estimate of drug-likeness (QED) is 0.307. The zero-order valence-corrected chi connectivity index (χ0v) is 18.2. The number of benzene rings is 2. The highest BCUT2D eigenvalue weighted by atomic mass is 32.1. The number of ether oxygens (including phenoxy) is 1. The molecule has 2 unspecified atom stereocenters. The van der Waals surface area contributed by atoms with Gasteiger partial charge in [-0.15, -0.1) is 0 Å². The zero-order valence-electron chi connectivity index (χ0n) is 17.4. The van der Waals surface area contributed by atoms with Gasteiger partial charge in [-0.05, 0) is 48.1 Å². The Morgan fingerprint density at radius 1 is 1.09 bits per heavy atom. The first kappa shape index (κ1) is 21.5. The number of fused-ring (bicyclic) bond motifs is 1. The fourth-order valence-electron chi connectivity index (χ4n) is 3.72. The van der Waals surface area contributed by atoms with Crippen molar-refractivity contribution in [1.29, 1.82) is 0 Å². The molecule has 162 valence electrons. The van der Waals surface area contributed by atoms with Crippen LogP contribution in [0.5, 0.6) is 5.75 Å². The predicted octanol–water partition coefficient (Wildman–Crippen LogP) is 3.24. The fraction of sp³-hybridized carbons (Fsp3) is 0.167. The van der Waals surface area contributed by atoms with Crippen LogP contribution in [0.2, 0.25) is 0 Å². The molecule has 0 spiro atoms. The summed E-state index contributed by atoms with van der Waals surface area (Å²) in [5, 5.41) is 7.56. The summed E-state index contributed by atoms with van der Waals surface area (Å²) in [6.07, 6.45) is 8.78. The van der Waals surface area contributed by atoms with E-state index in [0.717, 1.165) is 16.8 Å². The molecule has 0 bridgehead atoms. The number of rotatable bonds is 6. The van der Waals surface area contributed by atoms with Crippen molar-refractivity contribution in [2.24, 2.45) is 16.9 Å². The van der Waals surface area contributed by atoms with Crippen LogP contribution in [0.3, 0.4) is 0 Å². The SMILES string of the molecule is COc1ccc(/C=N/NC(=S)Nc2ccccc2)cc1CN1C(=O)C2C=CC=CC2C1=O. The van der Waals surface area contributed by atoms with Crippen LogP contribution >= 0.6 is 12.2 Å². The number of amides is 2. The van der Waals surface area contributed by atoms with E-state index < -0.39 is 11.8 Å². The summed E-state index contributed by atoms with van der Waals surface area (Å²) < 4.78 is 5.44. The van der Waals surface area contributed by atoms with Crippen LogP contribution in [0, 0.1) is 11.8 Å². The largest absolute Gasteiger partial charge is 0.496 e. The molecule has 8 heteroatoms. The summed E-state index contributed by atoms with van der Waals surface area (Å²) >= 11 is 5.24. The summed E-state index contributed by atoms with van der Waals surface area (Å²) in [6.45, 7) is 0.138. The first-order valence-electron chi connectivity index (χ1n) is 10.1. The minimum Gasteiger partial charge on any atom is -0.496 e. The van der Waals surface area contributed by atoms with Crippen molar-refractivity contribution in [2.75, 3.05) is 12.4 Å². The van der Waals surface area contributed by atoms with Crippen LogP contribution in [0.1, 0.15) is 11.1 Å². The highest BCUT2D eigenvalue weighted by Crippen LogP contribution is 2.33. The number of carbonyl (C=O) groups is 2. The standard InChI is InChI=1S/C24H22N4O3S/c1-31-21-12-11-16(14-25-27-24(32)26-18-7-3-2-4-8-18)13-17(21)15-28-22(29)19-9-5-6-10-20(19)23(28)30/h2-14,19-20H,15H2,1H3,(H2,26,27,32)/b25-14+. The third-order valence-electron chi connectivity index (χ3n) is 5.28. The molecule has 0 radical (unpaired) electrons. The van der Waals surface area contributed by atoms with E-state index in [0.29, 0.717) is 10.9 Å². The van der Waals surface area contributed by atoms with Gasteiger partial charge in [0.2, 0.25) is 11.8 Å². The monoisotopic (exact) mass is 446 g/mol. The van der Waals surface area contributed by atoms with Crippen molar-refractivity contribution in [1.82, 2.24) is 10.3 Å². The van der Waals surface area contributed by atoms with E-state index in [1.54, 1.807) is 43.7 Å². The zero-order chi connectivity index (χ0) is 22.5. The minimum absolute atomic E-state index is 0.138. The van der Waals surface area contributed by atoms with Gasteiger partial charge in [0.1, 0.15) is 5.75 Å². The van der Waals surface area contributed by atoms with Crippen LogP contribution in [0.15, 0.2) is 77.9 Å². The lowest BCUT2D eigenvalue weighted by Gasteiger charge is -2.17. The van der Waals surface area contributed by atoms with Gasteiger partial charge in [-0.2, -0.15) is 5.10 Å². The number of carbonyl (C=O) groups excluding carboxylic acids is 2. The van der Waals surface area contributed by atoms with E-state index >= 15 is 0 Å². The molecule has 1 saturated heterocycles. The predicted molar refractivity (Wildman–Crippen MR) is 127 cm³/mol. The van der Waals surface area contributed by atoms with Crippen molar-refractivity contribution < 1.29 is 14.3 Å². The molecule has 2 aromatic carbocycles. The number of thiocarbonyl (C=S) groups is 1. The van der Waals surface area contributed by atoms with Crippen LogP contribution in [-0.4, -0.2) is 35.2 Å². The van der Waals surface area contributed by atoms with E-state index in [4.69, 9.17) is 17.0 Å². The number of methoxy groups -OCH3 is 1. The molecule has 1 heterocycles. The number of imide groups is 1. The lowest BCUT2D eigenvalue weighted by molar-refractivity contribution is -0.140. The Hall–Kier alpha value is -3.78. The first-order chi connectivity index (χ1) is 15.6. The molecule has 2 aromatic rings. The summed E-state index contributed by atoms with van der Waals surface area (Å²) in [5.41, 5.74) is 5.12. The Balaban J connectivity index is 1.44. The van der Waals surface area contributed by atoms with E-state index in [9.17, 15) is 9.59 Å². The molecule has 2 N–H and O–H groups in total. The normalized spacial score (nSPS) is 19.3. The maximum atomic E-state index is 12.8. The van der Waals surface area contributed by atoms with Gasteiger partial charge in [0.05, 0.1) is 31.7 Å². The van der Waals surface area contributed by atoms with Crippen LogP contribution < -0.4 is 15.5 Å². The average Bonchev–Trinajstić information content (AvgIpc) is 3.05.